The molecule has 0 saturated carbocycles. The summed E-state index contributed by atoms with van der Waals surface area (Å²) in [6.45, 7) is 4.61. The molecule has 1 fully saturated rings. The van der Waals surface area contributed by atoms with Crippen LogP contribution in [0.1, 0.15) is 29.7 Å². The molecule has 2 heterocycles. The number of phenolic OH excluding ortho intramolecular Hbond substituents is 1. The van der Waals surface area contributed by atoms with Crippen LogP contribution in [0, 0.1) is 5.92 Å². The number of rotatable bonds is 8. The molecule has 194 valence electrons. The van der Waals surface area contributed by atoms with Gasteiger partial charge in [-0.25, -0.2) is 8.42 Å². The van der Waals surface area contributed by atoms with Crippen LogP contribution in [0.2, 0.25) is 0 Å². The predicted octanol–water partition coefficient (Wildman–Crippen LogP) is 5.14. The first kappa shape index (κ1) is 25.3. The first-order valence-electron chi connectivity index (χ1n) is 12.3. The number of hydrogen-bond donors (Lipinski definition) is 1. The van der Waals surface area contributed by atoms with Gasteiger partial charge in [-0.2, -0.15) is 0 Å². The molecule has 0 aromatic heterocycles. The van der Waals surface area contributed by atoms with Crippen LogP contribution < -0.4 is 9.47 Å². The van der Waals surface area contributed by atoms with Crippen LogP contribution in [0.15, 0.2) is 71.6 Å². The SMILES string of the molecule is CC1=C(c2ccc(S(C)(=O)=O)cc2)C(c2ccc(OCCN3CC(CF)C3)cc2)Oc2cc(O)ccc21. The average molecular weight is 524 g/mol. The Hall–Kier alpha value is -3.36. The zero-order valence-electron chi connectivity index (χ0n) is 20.9. The van der Waals surface area contributed by atoms with Gasteiger partial charge >= 0.3 is 0 Å². The molecule has 8 heteroatoms. The standard InChI is InChI=1S/C29H30FNO5S/c1-19-26-12-7-23(32)15-27(26)36-29(28(19)21-5-10-25(11-6-21)37(2,33)34)22-3-8-24(9-4-22)35-14-13-31-17-20(16-30)18-31/h3-12,15,20,29,32H,13-14,16-18H2,1-2H3. The fourth-order valence-corrected chi connectivity index (χ4v) is 5.55. The fourth-order valence-electron chi connectivity index (χ4n) is 4.92. The van der Waals surface area contributed by atoms with Crippen molar-refractivity contribution in [1.82, 2.24) is 4.90 Å². The molecule has 1 saturated heterocycles. The third-order valence-corrected chi connectivity index (χ3v) is 8.11. The zero-order chi connectivity index (χ0) is 26.2. The Balaban J connectivity index is 1.40. The lowest BCUT2D eigenvalue weighted by molar-refractivity contribution is 0.0668. The zero-order valence-corrected chi connectivity index (χ0v) is 21.7. The smallest absolute Gasteiger partial charge is 0.175 e. The molecule has 2 aliphatic heterocycles. The number of alkyl halides is 1. The number of hydrogen-bond acceptors (Lipinski definition) is 6. The predicted molar refractivity (Wildman–Crippen MR) is 141 cm³/mol. The summed E-state index contributed by atoms with van der Waals surface area (Å²) in [6, 6.07) is 19.6. The van der Waals surface area contributed by atoms with E-state index in [0.29, 0.717) is 12.4 Å². The monoisotopic (exact) mass is 523 g/mol. The highest BCUT2D eigenvalue weighted by molar-refractivity contribution is 7.90. The summed E-state index contributed by atoms with van der Waals surface area (Å²) in [4.78, 5) is 2.43. The van der Waals surface area contributed by atoms with E-state index in [1.807, 2.05) is 37.3 Å². The van der Waals surface area contributed by atoms with Crippen LogP contribution in [0.5, 0.6) is 17.2 Å². The minimum atomic E-state index is -3.31. The Bertz CT molecular complexity index is 1410. The summed E-state index contributed by atoms with van der Waals surface area (Å²) in [5.74, 6) is 1.60. The average Bonchev–Trinajstić information content (AvgIpc) is 2.85. The lowest BCUT2D eigenvalue weighted by Crippen LogP contribution is -2.49. The number of allylic oxidation sites excluding steroid dienone is 1. The molecule has 0 radical (unpaired) electrons. The number of halogens is 1. The van der Waals surface area contributed by atoms with Gasteiger partial charge in [0.15, 0.2) is 9.84 Å². The third-order valence-electron chi connectivity index (χ3n) is 6.98. The Labute approximate surface area is 216 Å². The normalized spacial score (nSPS) is 18.2. The maximum absolute atomic E-state index is 12.6. The molecular formula is C29H30FNO5S. The molecule has 1 N–H and O–H groups in total. The van der Waals surface area contributed by atoms with E-state index < -0.39 is 15.9 Å². The molecule has 3 aromatic carbocycles. The van der Waals surface area contributed by atoms with Crippen molar-refractivity contribution >= 4 is 21.0 Å². The van der Waals surface area contributed by atoms with Crippen molar-refractivity contribution < 1.29 is 27.4 Å². The van der Waals surface area contributed by atoms with Gasteiger partial charge in [-0.05, 0) is 60.0 Å². The van der Waals surface area contributed by atoms with E-state index in [1.54, 1.807) is 36.4 Å². The highest BCUT2D eigenvalue weighted by atomic mass is 32.2. The molecule has 0 spiro atoms. The fraction of sp³-hybridized carbons (Fsp3) is 0.310. The van der Waals surface area contributed by atoms with Crippen LogP contribution in [-0.2, 0) is 9.84 Å². The molecule has 1 atom stereocenters. The minimum Gasteiger partial charge on any atom is -0.508 e. The number of aromatic hydroxyl groups is 1. The van der Waals surface area contributed by atoms with Crippen molar-refractivity contribution in [2.75, 3.05) is 39.2 Å². The number of benzene rings is 3. The molecule has 3 aromatic rings. The summed E-state index contributed by atoms with van der Waals surface area (Å²) in [5.41, 5.74) is 4.54. The first-order valence-corrected chi connectivity index (χ1v) is 14.1. The molecule has 0 aliphatic carbocycles. The van der Waals surface area contributed by atoms with Gasteiger partial charge in [-0.15, -0.1) is 0 Å². The van der Waals surface area contributed by atoms with E-state index in [4.69, 9.17) is 9.47 Å². The summed E-state index contributed by atoms with van der Waals surface area (Å²) in [5, 5.41) is 10.0. The van der Waals surface area contributed by atoms with Crippen molar-refractivity contribution in [2.45, 2.75) is 17.9 Å². The lowest BCUT2D eigenvalue weighted by atomic mass is 9.86. The van der Waals surface area contributed by atoms with Gasteiger partial charge in [0, 0.05) is 49.0 Å². The lowest BCUT2D eigenvalue weighted by Gasteiger charge is -2.37. The molecule has 2 aliphatic rings. The maximum Gasteiger partial charge on any atom is 0.175 e. The number of phenols is 1. The Morgan fingerprint density at radius 2 is 1.76 bits per heavy atom. The van der Waals surface area contributed by atoms with Gasteiger partial charge in [0.2, 0.25) is 0 Å². The van der Waals surface area contributed by atoms with Gasteiger partial charge in [0.05, 0.1) is 11.6 Å². The van der Waals surface area contributed by atoms with Gasteiger partial charge in [0.1, 0.15) is 30.0 Å². The molecule has 6 nitrogen and oxygen atoms in total. The van der Waals surface area contributed by atoms with Crippen LogP contribution in [0.25, 0.3) is 11.1 Å². The molecule has 0 amide bonds. The van der Waals surface area contributed by atoms with Crippen molar-refractivity contribution in [2.24, 2.45) is 5.92 Å². The summed E-state index contributed by atoms with van der Waals surface area (Å²) in [6.07, 6.45) is 0.724. The van der Waals surface area contributed by atoms with Crippen molar-refractivity contribution in [3.8, 4) is 17.2 Å². The summed E-state index contributed by atoms with van der Waals surface area (Å²) >= 11 is 0. The van der Waals surface area contributed by atoms with Gasteiger partial charge in [-0.3, -0.25) is 9.29 Å². The van der Waals surface area contributed by atoms with Gasteiger partial charge in [-0.1, -0.05) is 24.3 Å². The second-order valence-corrected chi connectivity index (χ2v) is 11.7. The molecule has 37 heavy (non-hydrogen) atoms. The topological polar surface area (TPSA) is 76.1 Å². The Morgan fingerprint density at radius 3 is 2.41 bits per heavy atom. The van der Waals surface area contributed by atoms with E-state index in [9.17, 15) is 17.9 Å². The summed E-state index contributed by atoms with van der Waals surface area (Å²) in [7, 11) is -3.31. The Kier molecular flexibility index (Phi) is 6.96. The first-order chi connectivity index (χ1) is 17.7. The number of ether oxygens (including phenoxy) is 2. The molecule has 5 rings (SSSR count). The van der Waals surface area contributed by atoms with E-state index >= 15 is 0 Å². The molecule has 0 bridgehead atoms. The van der Waals surface area contributed by atoms with E-state index in [-0.39, 0.29) is 23.2 Å². The van der Waals surface area contributed by atoms with Gasteiger partial charge in [0.25, 0.3) is 0 Å². The van der Waals surface area contributed by atoms with Crippen molar-refractivity contribution in [3.05, 3.63) is 83.4 Å². The van der Waals surface area contributed by atoms with E-state index in [0.717, 1.165) is 53.2 Å². The van der Waals surface area contributed by atoms with Crippen LogP contribution in [0.3, 0.4) is 0 Å². The number of sulfone groups is 1. The van der Waals surface area contributed by atoms with Gasteiger partial charge < -0.3 is 14.6 Å². The van der Waals surface area contributed by atoms with Crippen LogP contribution in [0.4, 0.5) is 4.39 Å². The minimum absolute atomic E-state index is 0.120. The Morgan fingerprint density at radius 1 is 1.05 bits per heavy atom. The number of fused-ring (bicyclic) bond motifs is 1. The maximum atomic E-state index is 12.6. The van der Waals surface area contributed by atoms with Crippen LogP contribution >= 0.6 is 0 Å². The van der Waals surface area contributed by atoms with Crippen molar-refractivity contribution in [1.29, 1.82) is 0 Å². The van der Waals surface area contributed by atoms with Crippen molar-refractivity contribution in [3.63, 3.8) is 0 Å². The highest BCUT2D eigenvalue weighted by Gasteiger charge is 2.30. The van der Waals surface area contributed by atoms with E-state index in [2.05, 4.69) is 4.90 Å². The second-order valence-electron chi connectivity index (χ2n) is 9.71. The largest absolute Gasteiger partial charge is 0.508 e. The highest BCUT2D eigenvalue weighted by Crippen LogP contribution is 2.47. The number of nitrogens with zero attached hydrogens (tertiary/aromatic N) is 1. The molecular weight excluding hydrogens is 493 g/mol. The second kappa shape index (κ2) is 10.2. The third kappa shape index (κ3) is 5.36. The van der Waals surface area contributed by atoms with Crippen LogP contribution in [-0.4, -0.2) is 57.6 Å². The molecule has 1 unspecified atom stereocenters. The van der Waals surface area contributed by atoms with E-state index in [1.165, 1.54) is 6.26 Å². The summed E-state index contributed by atoms with van der Waals surface area (Å²) < 4.78 is 48.9. The number of likely N-dealkylation sites (tertiary alicyclic amines) is 1. The quantitative estimate of drug-likeness (QED) is 0.441.